The molecular weight excluding hydrogens is 642 g/mol. The number of carbonyl (C=O) groups is 2. The molecule has 5 N–H and O–H groups in total. The molecule has 0 bridgehead atoms. The maximum atomic E-state index is 13.4. The van der Waals surface area contributed by atoms with E-state index in [0.717, 1.165) is 11.6 Å². The van der Waals surface area contributed by atoms with Gasteiger partial charge in [-0.25, -0.2) is 24.1 Å². The van der Waals surface area contributed by atoms with Gasteiger partial charge in [-0.15, -0.1) is 11.3 Å². The summed E-state index contributed by atoms with van der Waals surface area (Å²) >= 11 is 0.698. The molecule has 0 aliphatic heterocycles. The van der Waals surface area contributed by atoms with E-state index in [-0.39, 0.29) is 44.3 Å². The number of phosphoric ester groups is 1. The Bertz CT molecular complexity index is 1870. The van der Waals surface area contributed by atoms with Crippen LogP contribution in [0.3, 0.4) is 0 Å². The number of benzene rings is 1. The molecule has 0 saturated carbocycles. The summed E-state index contributed by atoms with van der Waals surface area (Å²) in [7, 11) is -4.89. The van der Waals surface area contributed by atoms with Crippen molar-refractivity contribution in [3.05, 3.63) is 63.5 Å². The first-order valence-electron chi connectivity index (χ1n) is 13.2. The number of urea groups is 1. The Hall–Kier alpha value is -4.15. The van der Waals surface area contributed by atoms with Crippen LogP contribution in [0.1, 0.15) is 42.9 Å². The lowest BCUT2D eigenvalue weighted by Crippen LogP contribution is -2.28. The number of nitrogens with zero attached hydrogens (tertiary/aromatic N) is 3. The Balaban J connectivity index is 1.94. The molecule has 1 atom stereocenters. The number of carboxylic acids is 1. The van der Waals surface area contributed by atoms with Gasteiger partial charge in [-0.05, 0) is 36.6 Å². The van der Waals surface area contributed by atoms with E-state index in [9.17, 15) is 47.0 Å². The molecule has 0 unspecified atom stereocenters. The van der Waals surface area contributed by atoms with Crippen molar-refractivity contribution in [1.82, 2.24) is 19.9 Å². The minimum absolute atomic E-state index is 0.00426. The lowest BCUT2D eigenvalue weighted by Gasteiger charge is -2.26. The minimum atomic E-state index is -4.89. The number of rotatable bonds is 10. The van der Waals surface area contributed by atoms with Crippen LogP contribution in [0.25, 0.3) is 32.6 Å². The second-order valence-corrected chi connectivity index (χ2v) is 12.1. The number of aromatic carboxylic acids is 1. The largest absolute Gasteiger partial charge is 0.477 e. The van der Waals surface area contributed by atoms with Crippen molar-refractivity contribution in [2.24, 2.45) is 5.92 Å². The van der Waals surface area contributed by atoms with E-state index in [1.807, 2.05) is 0 Å². The third-order valence-corrected chi connectivity index (χ3v) is 7.98. The molecule has 4 aromatic rings. The van der Waals surface area contributed by atoms with Crippen LogP contribution in [-0.4, -0.2) is 54.6 Å². The topological polar surface area (TPSA) is 193 Å². The van der Waals surface area contributed by atoms with E-state index in [1.54, 1.807) is 20.8 Å². The maximum Gasteiger partial charge on any atom is 0.469 e. The number of carboxylic acid groups (broad SMARTS) is 1. The third-order valence-electron chi connectivity index (χ3n) is 6.62. The minimum Gasteiger partial charge on any atom is -0.477 e. The zero-order valence-corrected chi connectivity index (χ0v) is 25.5. The van der Waals surface area contributed by atoms with Crippen LogP contribution >= 0.6 is 19.2 Å². The summed E-state index contributed by atoms with van der Waals surface area (Å²) in [6.45, 7) is 4.90. The zero-order valence-electron chi connectivity index (χ0n) is 23.8. The molecule has 0 aliphatic carbocycles. The molecule has 1 aromatic carbocycles. The normalized spacial score (nSPS) is 12.8. The number of phosphoric acid groups is 1. The highest BCUT2D eigenvalue weighted by atomic mass is 32.1. The second kappa shape index (κ2) is 13.1. The Kier molecular flexibility index (Phi) is 9.80. The van der Waals surface area contributed by atoms with Gasteiger partial charge in [0.1, 0.15) is 16.4 Å². The van der Waals surface area contributed by atoms with Gasteiger partial charge in [0.15, 0.2) is 5.69 Å². The molecule has 45 heavy (non-hydrogen) atoms. The third kappa shape index (κ3) is 7.75. The van der Waals surface area contributed by atoms with Crippen molar-refractivity contribution < 1.29 is 46.7 Å². The standard InChI is InChI=1S/C27H27F3N5O8PS/c1-4-31-26(39)34-22-8-15(24-33-21(12-45-24)27(28,29)30)17(9-32-22)14-5-6-19-16(7-14)23(36)18(25(37)38)10-35(19)20(13(2)3)11-43-44(40,41)42/h5-10,12-13,20H,4,11H2,1-3H3,(H,37,38)(H2,40,41,42)(H2,31,32,34,39)/t20-/m1/s1. The number of alkyl halides is 3. The highest BCUT2D eigenvalue weighted by Crippen LogP contribution is 2.40. The highest BCUT2D eigenvalue weighted by Gasteiger charge is 2.34. The molecule has 18 heteroatoms. The van der Waals surface area contributed by atoms with Gasteiger partial charge in [0, 0.05) is 40.8 Å². The van der Waals surface area contributed by atoms with Crippen LogP contribution in [0.15, 0.2) is 46.8 Å². The SMILES string of the molecule is CCNC(=O)Nc1cc(-c2nc(C(F)(F)F)cs2)c(-c2ccc3c(c2)c(=O)c(C(=O)O)cn3[C@H](COP(=O)(O)O)C(C)C)cn1. The molecule has 3 heterocycles. The number of thiazole rings is 1. The molecule has 0 spiro atoms. The summed E-state index contributed by atoms with van der Waals surface area (Å²) < 4.78 is 57.8. The lowest BCUT2D eigenvalue weighted by atomic mass is 9.98. The van der Waals surface area contributed by atoms with Gasteiger partial charge in [0.05, 0.1) is 18.2 Å². The fourth-order valence-electron chi connectivity index (χ4n) is 4.50. The number of nitrogens with one attached hydrogen (secondary N) is 2. The Morgan fingerprint density at radius 1 is 1.18 bits per heavy atom. The summed E-state index contributed by atoms with van der Waals surface area (Å²) in [5.41, 5.74) is -1.80. The van der Waals surface area contributed by atoms with Crippen molar-refractivity contribution in [2.45, 2.75) is 33.0 Å². The van der Waals surface area contributed by atoms with Gasteiger partial charge >= 0.3 is 26.0 Å². The molecule has 0 radical (unpaired) electrons. The number of fused-ring (bicyclic) bond motifs is 1. The Labute approximate surface area is 257 Å². The van der Waals surface area contributed by atoms with E-state index in [1.165, 1.54) is 35.0 Å². The number of carbonyl (C=O) groups excluding carboxylic acids is 1. The van der Waals surface area contributed by atoms with Gasteiger partial charge in [0.2, 0.25) is 5.43 Å². The zero-order chi connectivity index (χ0) is 33.3. The van der Waals surface area contributed by atoms with Crippen LogP contribution < -0.4 is 16.1 Å². The van der Waals surface area contributed by atoms with Gasteiger partial charge in [-0.3, -0.25) is 14.6 Å². The van der Waals surface area contributed by atoms with E-state index < -0.39 is 55.3 Å². The Morgan fingerprint density at radius 2 is 1.89 bits per heavy atom. The monoisotopic (exact) mass is 669 g/mol. The number of halogens is 3. The first kappa shape index (κ1) is 33.7. The molecule has 2 amide bonds. The number of hydrogen-bond acceptors (Lipinski definition) is 8. The van der Waals surface area contributed by atoms with E-state index in [0.29, 0.717) is 17.9 Å². The van der Waals surface area contributed by atoms with Crippen LogP contribution in [0.4, 0.5) is 23.8 Å². The fourth-order valence-corrected chi connectivity index (χ4v) is 5.70. The molecule has 0 aliphatic rings. The molecule has 4 rings (SSSR count). The van der Waals surface area contributed by atoms with Crippen molar-refractivity contribution in [1.29, 1.82) is 0 Å². The summed E-state index contributed by atoms with van der Waals surface area (Å²) in [4.78, 5) is 64.0. The quantitative estimate of drug-likeness (QED) is 0.137. The Morgan fingerprint density at radius 3 is 2.47 bits per heavy atom. The van der Waals surface area contributed by atoms with Gasteiger partial charge in [0.25, 0.3) is 0 Å². The van der Waals surface area contributed by atoms with Crippen LogP contribution in [0.2, 0.25) is 0 Å². The van der Waals surface area contributed by atoms with Gasteiger partial charge in [-0.2, -0.15) is 13.2 Å². The van der Waals surface area contributed by atoms with Crippen LogP contribution in [0.5, 0.6) is 0 Å². The lowest BCUT2D eigenvalue weighted by molar-refractivity contribution is -0.140. The van der Waals surface area contributed by atoms with Gasteiger partial charge < -0.3 is 24.8 Å². The molecule has 240 valence electrons. The summed E-state index contributed by atoms with van der Waals surface area (Å²) in [5.74, 6) is -1.90. The average molecular weight is 670 g/mol. The molecule has 0 fully saturated rings. The smallest absolute Gasteiger partial charge is 0.469 e. The van der Waals surface area contributed by atoms with E-state index in [4.69, 9.17) is 4.52 Å². The summed E-state index contributed by atoms with van der Waals surface area (Å²) in [6.07, 6.45) is -2.37. The number of pyridine rings is 2. The molecule has 13 nitrogen and oxygen atoms in total. The fraction of sp³-hybridized carbons (Fsp3) is 0.296. The van der Waals surface area contributed by atoms with E-state index in [2.05, 4.69) is 20.6 Å². The van der Waals surface area contributed by atoms with Crippen molar-refractivity contribution in [3.63, 3.8) is 0 Å². The predicted octanol–water partition coefficient (Wildman–Crippen LogP) is 5.35. The van der Waals surface area contributed by atoms with Crippen molar-refractivity contribution >= 4 is 47.9 Å². The maximum absolute atomic E-state index is 13.4. The van der Waals surface area contributed by atoms with Crippen LogP contribution in [-0.2, 0) is 15.3 Å². The van der Waals surface area contributed by atoms with Crippen molar-refractivity contribution in [3.8, 4) is 21.7 Å². The van der Waals surface area contributed by atoms with Crippen molar-refractivity contribution in [2.75, 3.05) is 18.5 Å². The highest BCUT2D eigenvalue weighted by molar-refractivity contribution is 7.46. The molecule has 3 aromatic heterocycles. The van der Waals surface area contributed by atoms with Gasteiger partial charge in [-0.1, -0.05) is 19.9 Å². The van der Waals surface area contributed by atoms with E-state index >= 15 is 0 Å². The predicted molar refractivity (Wildman–Crippen MR) is 159 cm³/mol. The number of aromatic nitrogens is 3. The second-order valence-electron chi connectivity index (χ2n) is 10.0. The number of hydrogen-bond donors (Lipinski definition) is 5. The first-order valence-corrected chi connectivity index (χ1v) is 15.6. The summed E-state index contributed by atoms with van der Waals surface area (Å²) in [5, 5.41) is 15.5. The van der Waals surface area contributed by atoms with Crippen LogP contribution in [0, 0.1) is 5.92 Å². The average Bonchev–Trinajstić information content (AvgIpc) is 3.44. The molecule has 0 saturated heterocycles. The summed E-state index contributed by atoms with van der Waals surface area (Å²) in [6, 6.07) is 4.24. The first-order chi connectivity index (χ1) is 21.0. The molecular formula is C27H27F3N5O8PS. The number of anilines is 1. The number of amides is 2.